The molecule has 1 aliphatic heterocycles. The number of fused-ring (bicyclic) bond motifs is 1. The van der Waals surface area contributed by atoms with E-state index in [1.807, 2.05) is 18.7 Å². The molecule has 3 N–H and O–H groups in total. The molecule has 1 saturated carbocycles. The van der Waals surface area contributed by atoms with Crippen LogP contribution < -0.4 is 11.3 Å². The van der Waals surface area contributed by atoms with Gasteiger partial charge in [0.1, 0.15) is 11.9 Å². The van der Waals surface area contributed by atoms with E-state index in [0.29, 0.717) is 12.5 Å². The molecule has 1 aromatic heterocycles. The zero-order valence-electron chi connectivity index (χ0n) is 10.5. The van der Waals surface area contributed by atoms with E-state index in [2.05, 4.69) is 15.4 Å². The molecule has 2 aliphatic rings. The van der Waals surface area contributed by atoms with Gasteiger partial charge in [0.25, 0.3) is 0 Å². The Bertz CT molecular complexity index is 450. The first kappa shape index (κ1) is 12.2. The molecule has 1 aromatic rings. The highest BCUT2D eigenvalue weighted by Crippen LogP contribution is 2.43. The van der Waals surface area contributed by atoms with Gasteiger partial charge in [-0.25, -0.2) is 15.8 Å². The van der Waals surface area contributed by atoms with Crippen molar-refractivity contribution < 1.29 is 4.74 Å². The first-order chi connectivity index (χ1) is 8.83. The van der Waals surface area contributed by atoms with Crippen LogP contribution >= 0.6 is 11.8 Å². The summed E-state index contributed by atoms with van der Waals surface area (Å²) in [5, 5.41) is 0. The van der Waals surface area contributed by atoms with Crippen LogP contribution in [0.1, 0.15) is 43.0 Å². The van der Waals surface area contributed by atoms with Gasteiger partial charge in [-0.15, -0.1) is 0 Å². The van der Waals surface area contributed by atoms with Crippen LogP contribution in [-0.2, 0) is 16.2 Å². The third-order valence-electron chi connectivity index (χ3n) is 3.38. The lowest BCUT2D eigenvalue weighted by atomic mass is 10.2. The molecule has 2 heterocycles. The SMILES string of the molecule is CCOC(c1nc2c(c(NN)n1)CSC2)C1CC1. The molecule has 0 amide bonds. The van der Waals surface area contributed by atoms with Crippen molar-refractivity contribution in [3.8, 4) is 0 Å². The lowest BCUT2D eigenvalue weighted by Crippen LogP contribution is -2.17. The average Bonchev–Trinajstić information content (AvgIpc) is 3.11. The van der Waals surface area contributed by atoms with Crippen LogP contribution in [-0.4, -0.2) is 16.6 Å². The van der Waals surface area contributed by atoms with Gasteiger partial charge in [-0.05, 0) is 25.7 Å². The van der Waals surface area contributed by atoms with Gasteiger partial charge in [0.15, 0.2) is 5.82 Å². The molecule has 0 bridgehead atoms. The molecule has 18 heavy (non-hydrogen) atoms. The molecule has 0 saturated heterocycles. The molecular weight excluding hydrogens is 248 g/mol. The summed E-state index contributed by atoms with van der Waals surface area (Å²) >= 11 is 1.85. The van der Waals surface area contributed by atoms with Gasteiger partial charge in [0, 0.05) is 23.7 Å². The standard InChI is InChI=1S/C12H18N4OS/c1-2-17-10(7-3-4-7)12-14-9-6-18-5-8(9)11(15-12)16-13/h7,10H,2-6,13H2,1H3,(H,14,15,16). The van der Waals surface area contributed by atoms with Crippen molar-refractivity contribution in [1.29, 1.82) is 0 Å². The minimum absolute atomic E-state index is 0.0398. The number of nitrogen functional groups attached to an aromatic ring is 1. The van der Waals surface area contributed by atoms with E-state index in [1.165, 1.54) is 12.8 Å². The number of hydrogen-bond acceptors (Lipinski definition) is 6. The number of hydrogen-bond donors (Lipinski definition) is 2. The number of ether oxygens (including phenoxy) is 1. The van der Waals surface area contributed by atoms with Crippen LogP contribution in [0.2, 0.25) is 0 Å². The first-order valence-corrected chi connectivity index (χ1v) is 7.54. The molecule has 5 nitrogen and oxygen atoms in total. The Labute approximate surface area is 111 Å². The predicted octanol–water partition coefficient (Wildman–Crippen LogP) is 2.00. The van der Waals surface area contributed by atoms with Crippen molar-refractivity contribution in [2.45, 2.75) is 37.4 Å². The number of hydrazine groups is 1. The summed E-state index contributed by atoms with van der Waals surface area (Å²) in [5.41, 5.74) is 4.97. The number of nitrogens with two attached hydrogens (primary N) is 1. The average molecular weight is 266 g/mol. The zero-order chi connectivity index (χ0) is 12.5. The molecule has 1 aliphatic carbocycles. The van der Waals surface area contributed by atoms with Crippen LogP contribution in [0.3, 0.4) is 0 Å². The van der Waals surface area contributed by atoms with E-state index in [1.54, 1.807) is 0 Å². The van der Waals surface area contributed by atoms with Gasteiger partial charge < -0.3 is 10.2 Å². The highest BCUT2D eigenvalue weighted by molar-refractivity contribution is 7.98. The summed E-state index contributed by atoms with van der Waals surface area (Å²) in [5.74, 6) is 9.61. The van der Waals surface area contributed by atoms with Crippen LogP contribution in [0.4, 0.5) is 5.82 Å². The summed E-state index contributed by atoms with van der Waals surface area (Å²) < 4.78 is 5.81. The fraction of sp³-hybridized carbons (Fsp3) is 0.667. The number of aromatic nitrogens is 2. The lowest BCUT2D eigenvalue weighted by molar-refractivity contribution is 0.0400. The molecule has 1 unspecified atom stereocenters. The molecule has 6 heteroatoms. The molecule has 3 rings (SSSR count). The van der Waals surface area contributed by atoms with E-state index < -0.39 is 0 Å². The van der Waals surface area contributed by atoms with Crippen molar-refractivity contribution in [1.82, 2.24) is 9.97 Å². The number of nitrogens with zero attached hydrogens (tertiary/aromatic N) is 2. The van der Waals surface area contributed by atoms with Gasteiger partial charge in [-0.3, -0.25) is 0 Å². The van der Waals surface area contributed by atoms with Gasteiger partial charge >= 0.3 is 0 Å². The first-order valence-electron chi connectivity index (χ1n) is 6.39. The number of rotatable bonds is 5. The van der Waals surface area contributed by atoms with Gasteiger partial charge in [-0.1, -0.05) is 0 Å². The van der Waals surface area contributed by atoms with Crippen LogP contribution in [0, 0.1) is 5.92 Å². The fourth-order valence-corrected chi connectivity index (χ4v) is 3.36. The Hall–Kier alpha value is -0.850. The van der Waals surface area contributed by atoms with E-state index in [0.717, 1.165) is 34.4 Å². The largest absolute Gasteiger partial charge is 0.370 e. The van der Waals surface area contributed by atoms with Gasteiger partial charge in [0.05, 0.1) is 5.69 Å². The molecule has 1 atom stereocenters. The topological polar surface area (TPSA) is 73.1 Å². The summed E-state index contributed by atoms with van der Waals surface area (Å²) in [6.07, 6.45) is 2.47. The third kappa shape index (κ3) is 2.20. The lowest BCUT2D eigenvalue weighted by Gasteiger charge is -2.17. The minimum atomic E-state index is 0.0398. The van der Waals surface area contributed by atoms with Crippen molar-refractivity contribution in [3.05, 3.63) is 17.1 Å². The summed E-state index contributed by atoms with van der Waals surface area (Å²) in [4.78, 5) is 9.25. The van der Waals surface area contributed by atoms with E-state index in [9.17, 15) is 0 Å². The van der Waals surface area contributed by atoms with Crippen molar-refractivity contribution in [2.75, 3.05) is 12.0 Å². The highest BCUT2D eigenvalue weighted by Gasteiger charge is 2.36. The Morgan fingerprint density at radius 3 is 2.94 bits per heavy atom. The molecule has 98 valence electrons. The molecule has 0 spiro atoms. The summed E-state index contributed by atoms with van der Waals surface area (Å²) in [6, 6.07) is 0. The number of anilines is 1. The monoisotopic (exact) mass is 266 g/mol. The Balaban J connectivity index is 1.95. The Morgan fingerprint density at radius 2 is 2.28 bits per heavy atom. The van der Waals surface area contributed by atoms with Crippen LogP contribution in [0.5, 0.6) is 0 Å². The van der Waals surface area contributed by atoms with Gasteiger partial charge in [0.2, 0.25) is 0 Å². The molecule has 1 fully saturated rings. The summed E-state index contributed by atoms with van der Waals surface area (Å²) in [6.45, 7) is 2.71. The normalized spacial score (nSPS) is 19.7. The van der Waals surface area contributed by atoms with Crippen LogP contribution in [0.25, 0.3) is 0 Å². The maximum atomic E-state index is 5.81. The fourth-order valence-electron chi connectivity index (χ4n) is 2.32. The molecule has 0 radical (unpaired) electrons. The second-order valence-electron chi connectivity index (χ2n) is 4.71. The second kappa shape index (κ2) is 5.03. The molecular formula is C12H18N4OS. The molecule has 0 aromatic carbocycles. The van der Waals surface area contributed by atoms with Crippen molar-refractivity contribution >= 4 is 17.6 Å². The second-order valence-corrected chi connectivity index (χ2v) is 5.69. The van der Waals surface area contributed by atoms with E-state index >= 15 is 0 Å². The Kier molecular flexibility index (Phi) is 3.41. The Morgan fingerprint density at radius 1 is 1.44 bits per heavy atom. The maximum Gasteiger partial charge on any atom is 0.160 e. The zero-order valence-corrected chi connectivity index (χ0v) is 11.3. The number of nitrogens with one attached hydrogen (secondary N) is 1. The van der Waals surface area contributed by atoms with E-state index in [4.69, 9.17) is 10.6 Å². The van der Waals surface area contributed by atoms with E-state index in [-0.39, 0.29) is 6.10 Å². The van der Waals surface area contributed by atoms with Crippen molar-refractivity contribution in [3.63, 3.8) is 0 Å². The third-order valence-corrected chi connectivity index (χ3v) is 4.35. The highest BCUT2D eigenvalue weighted by atomic mass is 32.2. The van der Waals surface area contributed by atoms with Gasteiger partial charge in [-0.2, -0.15) is 11.8 Å². The number of thioether (sulfide) groups is 1. The van der Waals surface area contributed by atoms with Crippen LogP contribution in [0.15, 0.2) is 0 Å². The van der Waals surface area contributed by atoms with Crippen molar-refractivity contribution in [2.24, 2.45) is 11.8 Å². The minimum Gasteiger partial charge on any atom is -0.370 e. The smallest absolute Gasteiger partial charge is 0.160 e. The quantitative estimate of drug-likeness (QED) is 0.627. The summed E-state index contributed by atoms with van der Waals surface area (Å²) in [7, 11) is 0. The predicted molar refractivity (Wildman–Crippen MR) is 71.9 cm³/mol. The maximum absolute atomic E-state index is 5.81.